The van der Waals surface area contributed by atoms with Gasteiger partial charge in [-0.3, -0.25) is 9.59 Å². The Morgan fingerprint density at radius 3 is 1.56 bits per heavy atom. The molecule has 0 aromatic heterocycles. The van der Waals surface area contributed by atoms with Crippen molar-refractivity contribution in [2.45, 2.75) is 225 Å². The number of ether oxygens (including phenoxy) is 1. The molecule has 0 saturated heterocycles. The number of allylic oxidation sites excluding steroid dienone is 8. The van der Waals surface area contributed by atoms with Crippen molar-refractivity contribution in [3.63, 3.8) is 0 Å². The van der Waals surface area contributed by atoms with Crippen LogP contribution in [0.3, 0.4) is 0 Å². The molecule has 6 heteroatoms. The van der Waals surface area contributed by atoms with E-state index in [0.29, 0.717) is 19.3 Å². The van der Waals surface area contributed by atoms with Gasteiger partial charge in [0, 0.05) is 6.42 Å². The molecule has 302 valence electrons. The van der Waals surface area contributed by atoms with Gasteiger partial charge in [-0.1, -0.05) is 179 Å². The normalized spacial score (nSPS) is 13.9. The molecule has 0 spiro atoms. The molecule has 0 aromatic rings. The van der Waals surface area contributed by atoms with Crippen molar-refractivity contribution in [3.05, 3.63) is 48.6 Å². The molecule has 0 heterocycles. The molecule has 0 fully saturated rings. The van der Waals surface area contributed by atoms with Gasteiger partial charge in [-0.15, -0.1) is 0 Å². The minimum atomic E-state index is -0.788. The average Bonchev–Trinajstić information content (AvgIpc) is 3.13. The van der Waals surface area contributed by atoms with Crippen molar-refractivity contribution in [3.8, 4) is 0 Å². The third kappa shape index (κ3) is 34.9. The summed E-state index contributed by atoms with van der Waals surface area (Å²) in [6.07, 6.45) is 46.1. The molecule has 3 N–H and O–H groups in total. The number of rotatable bonds is 38. The van der Waals surface area contributed by atoms with E-state index in [1.165, 1.54) is 70.6 Å². The number of aliphatic hydroxyl groups is 2. The second-order valence-corrected chi connectivity index (χ2v) is 14.7. The molecule has 6 nitrogen and oxygen atoms in total. The first-order chi connectivity index (χ1) is 25.5. The Morgan fingerprint density at radius 2 is 1.04 bits per heavy atom. The molecule has 52 heavy (non-hydrogen) atoms. The summed E-state index contributed by atoms with van der Waals surface area (Å²) in [5.74, 6) is -0.516. The van der Waals surface area contributed by atoms with E-state index in [1.807, 2.05) is 0 Å². The van der Waals surface area contributed by atoms with Crippen LogP contribution in [0.15, 0.2) is 48.6 Å². The van der Waals surface area contributed by atoms with Crippen LogP contribution in [0.2, 0.25) is 0 Å². The molecule has 3 unspecified atom stereocenters. The maximum Gasteiger partial charge on any atom is 0.306 e. The fourth-order valence-corrected chi connectivity index (χ4v) is 6.36. The van der Waals surface area contributed by atoms with E-state index in [1.54, 1.807) is 0 Å². The highest BCUT2D eigenvalue weighted by atomic mass is 16.5. The van der Waals surface area contributed by atoms with E-state index in [0.717, 1.165) is 89.9 Å². The Kier molecular flexibility index (Phi) is 38.3. The maximum absolute atomic E-state index is 13.0. The minimum Gasteiger partial charge on any atom is -0.462 e. The van der Waals surface area contributed by atoms with Gasteiger partial charge in [0.2, 0.25) is 5.91 Å². The molecule has 3 atom stereocenters. The topological polar surface area (TPSA) is 95.9 Å². The summed E-state index contributed by atoms with van der Waals surface area (Å²) in [6, 6.07) is -0.703. The number of amides is 1. The van der Waals surface area contributed by atoms with E-state index >= 15 is 0 Å². The minimum absolute atomic E-state index is 0.0648. The lowest BCUT2D eigenvalue weighted by molar-refractivity contribution is -0.151. The van der Waals surface area contributed by atoms with Gasteiger partial charge < -0.3 is 20.3 Å². The molecular weight excluding hydrogens is 647 g/mol. The van der Waals surface area contributed by atoms with Crippen molar-refractivity contribution in [1.82, 2.24) is 5.32 Å². The van der Waals surface area contributed by atoms with Gasteiger partial charge in [-0.05, 0) is 64.2 Å². The Hall–Kier alpha value is -2.18. The van der Waals surface area contributed by atoms with E-state index in [2.05, 4.69) is 74.7 Å². The van der Waals surface area contributed by atoms with Crippen LogP contribution in [0.4, 0.5) is 0 Å². The summed E-state index contributed by atoms with van der Waals surface area (Å²) < 4.78 is 5.86. The standard InChI is InChI=1S/C46H83NO5/c1-4-7-10-13-16-19-20-21-22-23-24-25-27-30-33-36-39-46(51)52-42(37-34-31-28-18-15-12-9-6-3)40-45(50)47-43(41-48)44(49)38-35-32-29-26-17-14-11-8-5-2/h7,10,16,19,21-22,24-25,42-44,48-49H,4-6,8-9,11-15,17-18,20,23,26-41H2,1-3H3,(H,47,50)/b10-7+,19-16+,22-21+,25-24+. The smallest absolute Gasteiger partial charge is 0.306 e. The summed E-state index contributed by atoms with van der Waals surface area (Å²) in [5.41, 5.74) is 0. The fourth-order valence-electron chi connectivity index (χ4n) is 6.36. The van der Waals surface area contributed by atoms with E-state index in [4.69, 9.17) is 4.74 Å². The van der Waals surface area contributed by atoms with Crippen molar-refractivity contribution in [2.75, 3.05) is 6.61 Å². The number of nitrogens with one attached hydrogen (secondary N) is 1. The van der Waals surface area contributed by atoms with Crippen molar-refractivity contribution in [2.24, 2.45) is 0 Å². The maximum atomic E-state index is 13.0. The lowest BCUT2D eigenvalue weighted by Gasteiger charge is -2.24. The van der Waals surface area contributed by atoms with E-state index < -0.39 is 18.2 Å². The molecule has 0 saturated carbocycles. The van der Waals surface area contributed by atoms with Gasteiger partial charge in [-0.25, -0.2) is 0 Å². The molecule has 0 bridgehead atoms. The quantitative estimate of drug-likeness (QED) is 0.0334. The van der Waals surface area contributed by atoms with Gasteiger partial charge in [-0.2, -0.15) is 0 Å². The zero-order chi connectivity index (χ0) is 38.2. The van der Waals surface area contributed by atoms with Gasteiger partial charge in [0.25, 0.3) is 0 Å². The highest BCUT2D eigenvalue weighted by Gasteiger charge is 2.24. The van der Waals surface area contributed by atoms with Crippen LogP contribution in [-0.2, 0) is 14.3 Å². The predicted molar refractivity (Wildman–Crippen MR) is 222 cm³/mol. The summed E-state index contributed by atoms with van der Waals surface area (Å²) in [5, 5.41) is 23.5. The summed E-state index contributed by atoms with van der Waals surface area (Å²) in [7, 11) is 0. The first-order valence-electron chi connectivity index (χ1n) is 21.9. The number of hydrogen-bond acceptors (Lipinski definition) is 5. The Labute approximate surface area is 321 Å². The molecule has 0 rings (SSSR count). The lowest BCUT2D eigenvalue weighted by Crippen LogP contribution is -2.46. The molecule has 0 aliphatic heterocycles. The number of hydrogen-bond donors (Lipinski definition) is 3. The predicted octanol–water partition coefficient (Wildman–Crippen LogP) is 12.3. The van der Waals surface area contributed by atoms with Gasteiger partial charge in [0.05, 0.1) is 25.2 Å². The second kappa shape index (κ2) is 40.0. The highest BCUT2D eigenvalue weighted by molar-refractivity contribution is 5.77. The number of carbonyl (C=O) groups excluding carboxylic acids is 2. The SMILES string of the molecule is CC/C=C/C/C=C/C/C=C/C/C=C/CCCCCC(=O)OC(CCCCCCCCCC)CC(=O)NC(CO)C(O)CCCCCCCCCCC. The van der Waals surface area contributed by atoms with E-state index in [9.17, 15) is 19.8 Å². The monoisotopic (exact) mass is 730 g/mol. The zero-order valence-electron chi connectivity index (χ0n) is 34.2. The van der Waals surface area contributed by atoms with Gasteiger partial charge in [0.15, 0.2) is 0 Å². The Balaban J connectivity index is 4.56. The number of unbranched alkanes of at least 4 members (excludes halogenated alkanes) is 18. The fraction of sp³-hybridized carbons (Fsp3) is 0.783. The third-order valence-electron chi connectivity index (χ3n) is 9.67. The summed E-state index contributed by atoms with van der Waals surface area (Å²) in [6.45, 7) is 6.30. The first-order valence-corrected chi connectivity index (χ1v) is 21.9. The first kappa shape index (κ1) is 49.8. The molecular formula is C46H83NO5. The zero-order valence-corrected chi connectivity index (χ0v) is 34.2. The molecule has 0 radical (unpaired) electrons. The number of carbonyl (C=O) groups is 2. The van der Waals surface area contributed by atoms with Crippen LogP contribution in [0.1, 0.15) is 207 Å². The Bertz CT molecular complexity index is 910. The van der Waals surface area contributed by atoms with Gasteiger partial charge >= 0.3 is 5.97 Å². The van der Waals surface area contributed by atoms with Crippen LogP contribution in [-0.4, -0.2) is 46.9 Å². The summed E-state index contributed by atoms with van der Waals surface area (Å²) in [4.78, 5) is 25.8. The van der Waals surface area contributed by atoms with Crippen LogP contribution >= 0.6 is 0 Å². The van der Waals surface area contributed by atoms with Crippen LogP contribution in [0.25, 0.3) is 0 Å². The molecule has 0 aromatic carbocycles. The highest BCUT2D eigenvalue weighted by Crippen LogP contribution is 2.17. The lowest BCUT2D eigenvalue weighted by atomic mass is 10.0. The van der Waals surface area contributed by atoms with Crippen LogP contribution < -0.4 is 5.32 Å². The average molecular weight is 730 g/mol. The molecule has 1 amide bonds. The number of esters is 1. The second-order valence-electron chi connectivity index (χ2n) is 14.7. The van der Waals surface area contributed by atoms with Gasteiger partial charge in [0.1, 0.15) is 6.10 Å². The number of aliphatic hydroxyl groups excluding tert-OH is 2. The van der Waals surface area contributed by atoms with Crippen molar-refractivity contribution < 1.29 is 24.5 Å². The Morgan fingerprint density at radius 1 is 0.577 bits per heavy atom. The molecule has 0 aliphatic rings. The van der Waals surface area contributed by atoms with Crippen molar-refractivity contribution in [1.29, 1.82) is 0 Å². The summed E-state index contributed by atoms with van der Waals surface area (Å²) >= 11 is 0. The van der Waals surface area contributed by atoms with Crippen LogP contribution in [0.5, 0.6) is 0 Å². The van der Waals surface area contributed by atoms with Crippen molar-refractivity contribution >= 4 is 11.9 Å². The van der Waals surface area contributed by atoms with E-state index in [-0.39, 0.29) is 24.9 Å². The molecule has 0 aliphatic carbocycles. The third-order valence-corrected chi connectivity index (χ3v) is 9.67. The van der Waals surface area contributed by atoms with Crippen LogP contribution in [0, 0.1) is 0 Å². The largest absolute Gasteiger partial charge is 0.462 e.